The van der Waals surface area contributed by atoms with Gasteiger partial charge in [-0.05, 0) is 35.9 Å². The van der Waals surface area contributed by atoms with Crippen LogP contribution in [0.1, 0.15) is 21.1 Å². The Labute approximate surface area is 173 Å². The molecule has 0 unspecified atom stereocenters. The van der Waals surface area contributed by atoms with Crippen LogP contribution in [0, 0.1) is 5.82 Å². The predicted octanol–water partition coefficient (Wildman–Crippen LogP) is 2.93. The number of aromatic nitrogens is 2. The fourth-order valence-corrected chi connectivity index (χ4v) is 4.09. The summed E-state index contributed by atoms with van der Waals surface area (Å²) in [5.74, 6) is -0.381. The molecule has 6 nitrogen and oxygen atoms in total. The summed E-state index contributed by atoms with van der Waals surface area (Å²) >= 11 is 1.51. The summed E-state index contributed by atoms with van der Waals surface area (Å²) in [5, 5.41) is 5.62. The number of amides is 1. The Kier molecular flexibility index (Phi) is 6.12. The van der Waals surface area contributed by atoms with Gasteiger partial charge in [0.2, 0.25) is 0 Å². The average molecular weight is 412 g/mol. The summed E-state index contributed by atoms with van der Waals surface area (Å²) in [6.07, 6.45) is 3.44. The first kappa shape index (κ1) is 19.5. The second kappa shape index (κ2) is 9.11. The minimum absolute atomic E-state index is 0.169. The van der Waals surface area contributed by atoms with E-state index in [2.05, 4.69) is 25.1 Å². The SMILES string of the molecule is O=C(NCc1cccnc1)c1csc(CN2CCN(c3ccc(F)cc3)CC2)n1. The molecule has 0 saturated carbocycles. The highest BCUT2D eigenvalue weighted by Gasteiger charge is 2.19. The van der Waals surface area contributed by atoms with E-state index >= 15 is 0 Å². The normalized spacial score (nSPS) is 14.7. The molecule has 8 heteroatoms. The topological polar surface area (TPSA) is 61.4 Å². The number of hydrogen-bond donors (Lipinski definition) is 1. The van der Waals surface area contributed by atoms with Gasteiger partial charge >= 0.3 is 0 Å². The van der Waals surface area contributed by atoms with Crippen molar-refractivity contribution in [3.8, 4) is 0 Å². The molecule has 3 aromatic rings. The summed E-state index contributed by atoms with van der Waals surface area (Å²) in [6.45, 7) is 4.74. The summed E-state index contributed by atoms with van der Waals surface area (Å²) in [6, 6.07) is 10.4. The van der Waals surface area contributed by atoms with Gasteiger partial charge in [0, 0.05) is 56.2 Å². The molecule has 4 rings (SSSR count). The number of thiazole rings is 1. The van der Waals surface area contributed by atoms with Gasteiger partial charge in [-0.15, -0.1) is 11.3 Å². The Morgan fingerprint density at radius 3 is 2.66 bits per heavy atom. The van der Waals surface area contributed by atoms with Crippen molar-refractivity contribution in [1.29, 1.82) is 0 Å². The van der Waals surface area contributed by atoms with E-state index in [1.54, 1.807) is 12.4 Å². The molecule has 150 valence electrons. The molecule has 1 aliphatic rings. The minimum Gasteiger partial charge on any atom is -0.369 e. The second-order valence-electron chi connectivity index (χ2n) is 6.91. The summed E-state index contributed by atoms with van der Waals surface area (Å²) in [4.78, 5) is 25.4. The van der Waals surface area contributed by atoms with Crippen LogP contribution in [-0.2, 0) is 13.1 Å². The zero-order valence-corrected chi connectivity index (χ0v) is 16.7. The maximum Gasteiger partial charge on any atom is 0.271 e. The van der Waals surface area contributed by atoms with E-state index in [1.165, 1.54) is 23.5 Å². The molecular weight excluding hydrogens is 389 g/mol. The summed E-state index contributed by atoms with van der Waals surface area (Å²) in [5.41, 5.74) is 2.46. The van der Waals surface area contributed by atoms with Crippen LogP contribution in [0.3, 0.4) is 0 Å². The van der Waals surface area contributed by atoms with Gasteiger partial charge in [-0.3, -0.25) is 14.7 Å². The van der Waals surface area contributed by atoms with Gasteiger partial charge in [-0.1, -0.05) is 6.07 Å². The molecule has 1 fully saturated rings. The van der Waals surface area contributed by atoms with Crippen molar-refractivity contribution in [3.63, 3.8) is 0 Å². The van der Waals surface area contributed by atoms with Crippen LogP contribution in [-0.4, -0.2) is 47.0 Å². The molecule has 0 bridgehead atoms. The van der Waals surface area contributed by atoms with E-state index in [-0.39, 0.29) is 11.7 Å². The molecule has 1 aromatic carbocycles. The zero-order valence-electron chi connectivity index (χ0n) is 15.9. The highest BCUT2D eigenvalue weighted by Crippen LogP contribution is 2.19. The van der Waals surface area contributed by atoms with Crippen molar-refractivity contribution < 1.29 is 9.18 Å². The number of rotatable bonds is 6. The van der Waals surface area contributed by atoms with Gasteiger partial charge in [0.05, 0.1) is 6.54 Å². The number of carbonyl (C=O) groups is 1. The molecule has 0 spiro atoms. The van der Waals surface area contributed by atoms with Gasteiger partial charge in [-0.25, -0.2) is 9.37 Å². The monoisotopic (exact) mass is 411 g/mol. The van der Waals surface area contributed by atoms with Crippen LogP contribution in [0.25, 0.3) is 0 Å². The molecule has 1 N–H and O–H groups in total. The quantitative estimate of drug-likeness (QED) is 0.676. The van der Waals surface area contributed by atoms with Crippen molar-refractivity contribution in [2.45, 2.75) is 13.1 Å². The number of piperazine rings is 1. The largest absolute Gasteiger partial charge is 0.369 e. The third-order valence-corrected chi connectivity index (χ3v) is 5.72. The first-order chi connectivity index (χ1) is 14.2. The molecule has 2 aromatic heterocycles. The summed E-state index contributed by atoms with van der Waals surface area (Å²) in [7, 11) is 0. The Hall–Kier alpha value is -2.84. The van der Waals surface area contributed by atoms with Crippen LogP contribution < -0.4 is 10.2 Å². The van der Waals surface area contributed by atoms with E-state index in [1.807, 2.05) is 29.6 Å². The highest BCUT2D eigenvalue weighted by molar-refractivity contribution is 7.09. The molecular formula is C21H22FN5OS. The van der Waals surface area contributed by atoms with Gasteiger partial charge in [-0.2, -0.15) is 0 Å². The third-order valence-electron chi connectivity index (χ3n) is 4.88. The molecule has 29 heavy (non-hydrogen) atoms. The van der Waals surface area contributed by atoms with Crippen molar-refractivity contribution in [1.82, 2.24) is 20.2 Å². The number of hydrogen-bond acceptors (Lipinski definition) is 6. The van der Waals surface area contributed by atoms with Gasteiger partial charge in [0.25, 0.3) is 5.91 Å². The lowest BCUT2D eigenvalue weighted by Crippen LogP contribution is -2.45. The van der Waals surface area contributed by atoms with Crippen LogP contribution in [0.2, 0.25) is 0 Å². The van der Waals surface area contributed by atoms with E-state index in [4.69, 9.17) is 0 Å². The number of pyridine rings is 1. The van der Waals surface area contributed by atoms with Crippen LogP contribution in [0.4, 0.5) is 10.1 Å². The second-order valence-corrected chi connectivity index (χ2v) is 7.85. The Morgan fingerprint density at radius 2 is 1.93 bits per heavy atom. The van der Waals surface area contributed by atoms with E-state index in [9.17, 15) is 9.18 Å². The predicted molar refractivity (Wildman–Crippen MR) is 111 cm³/mol. The lowest BCUT2D eigenvalue weighted by molar-refractivity contribution is 0.0946. The minimum atomic E-state index is -0.212. The molecule has 1 saturated heterocycles. The first-order valence-corrected chi connectivity index (χ1v) is 10.4. The lowest BCUT2D eigenvalue weighted by atomic mass is 10.2. The molecule has 3 heterocycles. The standard InChI is InChI=1S/C21H22FN5OS/c22-17-3-5-18(6-4-17)27-10-8-26(9-11-27)14-20-25-19(15-29-20)21(28)24-13-16-2-1-7-23-12-16/h1-7,12,15H,8-11,13-14H2,(H,24,28). The van der Waals surface area contributed by atoms with Gasteiger partial charge in [0.15, 0.2) is 0 Å². The van der Waals surface area contributed by atoms with Gasteiger partial charge in [0.1, 0.15) is 16.5 Å². The third kappa shape index (κ3) is 5.16. The fourth-order valence-electron chi connectivity index (χ4n) is 3.27. The van der Waals surface area contributed by atoms with Crippen molar-refractivity contribution in [2.75, 3.05) is 31.1 Å². The van der Waals surface area contributed by atoms with Crippen LogP contribution in [0.15, 0.2) is 54.2 Å². The smallest absolute Gasteiger partial charge is 0.271 e. The molecule has 1 aliphatic heterocycles. The molecule has 0 radical (unpaired) electrons. The van der Waals surface area contributed by atoms with Crippen molar-refractivity contribution >= 4 is 22.9 Å². The Morgan fingerprint density at radius 1 is 1.14 bits per heavy atom. The number of nitrogens with zero attached hydrogens (tertiary/aromatic N) is 4. The summed E-state index contributed by atoms with van der Waals surface area (Å²) < 4.78 is 13.1. The van der Waals surface area contributed by atoms with Gasteiger partial charge < -0.3 is 10.2 Å². The number of benzene rings is 1. The van der Waals surface area contributed by atoms with E-state index < -0.39 is 0 Å². The highest BCUT2D eigenvalue weighted by atomic mass is 32.1. The molecule has 0 atom stereocenters. The fraction of sp³-hybridized carbons (Fsp3) is 0.286. The lowest BCUT2D eigenvalue weighted by Gasteiger charge is -2.35. The van der Waals surface area contributed by atoms with Crippen LogP contribution in [0.5, 0.6) is 0 Å². The maximum absolute atomic E-state index is 13.1. The molecule has 1 amide bonds. The first-order valence-electron chi connectivity index (χ1n) is 9.52. The van der Waals surface area contributed by atoms with E-state index in [0.717, 1.165) is 49.0 Å². The van der Waals surface area contributed by atoms with Crippen molar-refractivity contribution in [3.05, 3.63) is 76.3 Å². The number of nitrogens with one attached hydrogen (secondary N) is 1. The average Bonchev–Trinajstić information content (AvgIpc) is 3.23. The Balaban J connectivity index is 1.26. The Bertz CT molecular complexity index is 939. The number of anilines is 1. The number of carbonyl (C=O) groups excluding carboxylic acids is 1. The molecule has 0 aliphatic carbocycles. The van der Waals surface area contributed by atoms with Crippen LogP contribution >= 0.6 is 11.3 Å². The van der Waals surface area contributed by atoms with E-state index in [0.29, 0.717) is 12.2 Å². The van der Waals surface area contributed by atoms with Crippen molar-refractivity contribution in [2.24, 2.45) is 0 Å². The number of halogens is 1. The zero-order chi connectivity index (χ0) is 20.1. The maximum atomic E-state index is 13.1.